The summed E-state index contributed by atoms with van der Waals surface area (Å²) in [6, 6.07) is 13.3. The third-order valence-electron chi connectivity index (χ3n) is 5.24. The Hall–Kier alpha value is -3.98. The summed E-state index contributed by atoms with van der Waals surface area (Å²) in [7, 11) is 1.87. The second kappa shape index (κ2) is 7.93. The molecule has 5 aromatic rings. The van der Waals surface area contributed by atoms with Crippen LogP contribution in [-0.4, -0.2) is 40.1 Å². The van der Waals surface area contributed by atoms with E-state index in [-0.39, 0.29) is 11.5 Å². The maximum absolute atomic E-state index is 12.9. The number of rotatable bonds is 5. The van der Waals surface area contributed by atoms with Crippen LogP contribution in [0.2, 0.25) is 5.02 Å². The lowest BCUT2D eigenvalue weighted by Gasteiger charge is -2.03. The van der Waals surface area contributed by atoms with E-state index in [1.807, 2.05) is 50.4 Å². The number of benzene rings is 1. The van der Waals surface area contributed by atoms with Gasteiger partial charge in [0.2, 0.25) is 0 Å². The molecule has 0 spiro atoms. The molecule has 10 heteroatoms. The lowest BCUT2D eigenvalue weighted by Crippen LogP contribution is -2.14. The number of aryl methyl sites for hydroxylation is 1. The van der Waals surface area contributed by atoms with E-state index in [0.29, 0.717) is 17.2 Å². The SMILES string of the molecule is Cc1c(-c2ccnc3cc(C(=O)Nc4nn(Cc5ccccc5)cc4Cl)nn23)cnn1C. The van der Waals surface area contributed by atoms with Gasteiger partial charge in [-0.25, -0.2) is 9.50 Å². The number of nitrogens with zero attached hydrogens (tertiary/aromatic N) is 7. The van der Waals surface area contributed by atoms with Gasteiger partial charge >= 0.3 is 0 Å². The van der Waals surface area contributed by atoms with Crippen LogP contribution in [0.15, 0.2) is 61.1 Å². The molecule has 0 aliphatic rings. The van der Waals surface area contributed by atoms with Gasteiger partial charge in [-0.1, -0.05) is 41.9 Å². The normalized spacial score (nSPS) is 11.2. The molecule has 5 rings (SSSR count). The Bertz CT molecular complexity index is 1430. The fourth-order valence-electron chi connectivity index (χ4n) is 3.47. The average molecular weight is 447 g/mol. The molecule has 32 heavy (non-hydrogen) atoms. The van der Waals surface area contributed by atoms with E-state index in [1.54, 1.807) is 38.5 Å². The summed E-state index contributed by atoms with van der Waals surface area (Å²) in [5.74, 6) is -0.142. The van der Waals surface area contributed by atoms with Gasteiger partial charge in [-0.3, -0.25) is 14.2 Å². The van der Waals surface area contributed by atoms with E-state index in [4.69, 9.17) is 11.6 Å². The molecule has 4 aromatic heterocycles. The number of carbonyl (C=O) groups excluding carboxylic acids is 1. The molecule has 0 radical (unpaired) electrons. The molecule has 0 aliphatic carbocycles. The number of halogens is 1. The predicted octanol–water partition coefficient (Wildman–Crippen LogP) is 3.59. The summed E-state index contributed by atoms with van der Waals surface area (Å²) < 4.78 is 5.10. The van der Waals surface area contributed by atoms with Crippen LogP contribution in [0, 0.1) is 6.92 Å². The van der Waals surface area contributed by atoms with Gasteiger partial charge in [0.05, 0.1) is 18.4 Å². The van der Waals surface area contributed by atoms with Crippen molar-refractivity contribution in [1.82, 2.24) is 34.2 Å². The van der Waals surface area contributed by atoms with E-state index < -0.39 is 5.91 Å². The van der Waals surface area contributed by atoms with Crippen molar-refractivity contribution in [2.75, 3.05) is 5.32 Å². The molecule has 0 fully saturated rings. The summed E-state index contributed by atoms with van der Waals surface area (Å²) in [6.07, 6.45) is 5.13. The summed E-state index contributed by atoms with van der Waals surface area (Å²) in [5.41, 5.74) is 4.53. The third kappa shape index (κ3) is 3.63. The molecule has 0 unspecified atom stereocenters. The summed E-state index contributed by atoms with van der Waals surface area (Å²) >= 11 is 6.30. The van der Waals surface area contributed by atoms with Crippen molar-refractivity contribution < 1.29 is 4.79 Å². The zero-order valence-electron chi connectivity index (χ0n) is 17.4. The molecule has 4 heterocycles. The maximum Gasteiger partial charge on any atom is 0.277 e. The van der Waals surface area contributed by atoms with Crippen LogP contribution in [0.4, 0.5) is 5.82 Å². The molecule has 0 bridgehead atoms. The molecule has 0 aliphatic heterocycles. The number of hydrogen-bond donors (Lipinski definition) is 1. The van der Waals surface area contributed by atoms with Gasteiger partial charge in [0.1, 0.15) is 5.02 Å². The van der Waals surface area contributed by atoms with Crippen LogP contribution in [0.1, 0.15) is 21.7 Å². The first kappa shape index (κ1) is 20.0. The highest BCUT2D eigenvalue weighted by Gasteiger charge is 2.18. The maximum atomic E-state index is 12.9. The van der Waals surface area contributed by atoms with Gasteiger partial charge in [-0.15, -0.1) is 0 Å². The van der Waals surface area contributed by atoms with Crippen molar-refractivity contribution in [3.63, 3.8) is 0 Å². The van der Waals surface area contributed by atoms with Gasteiger partial charge in [-0.05, 0) is 18.6 Å². The van der Waals surface area contributed by atoms with Gasteiger partial charge < -0.3 is 5.32 Å². The molecule has 0 saturated heterocycles. The van der Waals surface area contributed by atoms with Crippen molar-refractivity contribution in [2.24, 2.45) is 7.05 Å². The lowest BCUT2D eigenvalue weighted by atomic mass is 10.2. The minimum Gasteiger partial charge on any atom is -0.302 e. The predicted molar refractivity (Wildman–Crippen MR) is 121 cm³/mol. The number of carbonyl (C=O) groups is 1. The number of hydrogen-bond acceptors (Lipinski definition) is 5. The molecule has 0 atom stereocenters. The molecule has 1 N–H and O–H groups in total. The Morgan fingerprint density at radius 2 is 1.97 bits per heavy atom. The van der Waals surface area contributed by atoms with Crippen LogP contribution in [0.25, 0.3) is 16.9 Å². The van der Waals surface area contributed by atoms with E-state index >= 15 is 0 Å². The monoisotopic (exact) mass is 446 g/mol. The molecular weight excluding hydrogens is 428 g/mol. The van der Waals surface area contributed by atoms with Crippen LogP contribution in [0.5, 0.6) is 0 Å². The number of fused-ring (bicyclic) bond motifs is 1. The van der Waals surface area contributed by atoms with Crippen molar-refractivity contribution in [3.05, 3.63) is 83.0 Å². The zero-order chi connectivity index (χ0) is 22.2. The van der Waals surface area contributed by atoms with E-state index in [1.165, 1.54) is 0 Å². The highest BCUT2D eigenvalue weighted by Crippen LogP contribution is 2.24. The number of anilines is 1. The van der Waals surface area contributed by atoms with Crippen molar-refractivity contribution in [1.29, 1.82) is 0 Å². The van der Waals surface area contributed by atoms with Crippen LogP contribution >= 0.6 is 11.6 Å². The molecular formula is C22H19ClN8O. The smallest absolute Gasteiger partial charge is 0.277 e. The minimum atomic E-state index is -0.420. The zero-order valence-corrected chi connectivity index (χ0v) is 18.2. The third-order valence-corrected chi connectivity index (χ3v) is 5.51. The van der Waals surface area contributed by atoms with E-state index in [9.17, 15) is 4.79 Å². The van der Waals surface area contributed by atoms with Crippen molar-refractivity contribution in [3.8, 4) is 11.3 Å². The Labute approximate surface area is 188 Å². The summed E-state index contributed by atoms with van der Waals surface area (Å²) in [6.45, 7) is 2.52. The number of amides is 1. The fourth-order valence-corrected chi connectivity index (χ4v) is 3.66. The second-order valence-corrected chi connectivity index (χ2v) is 7.77. The van der Waals surface area contributed by atoms with Crippen LogP contribution < -0.4 is 5.32 Å². The lowest BCUT2D eigenvalue weighted by molar-refractivity contribution is 0.102. The summed E-state index contributed by atoms with van der Waals surface area (Å²) in [4.78, 5) is 17.2. The molecule has 160 valence electrons. The standard InChI is InChI=1S/C22H19ClN8O/c1-14-16(11-25-29(14)2)19-8-9-24-20-10-18(27-31(19)20)22(32)26-21-17(23)13-30(28-21)12-15-6-4-3-5-7-15/h3-11,13H,12H2,1-2H3,(H,26,28,32). The van der Waals surface area contributed by atoms with E-state index in [0.717, 1.165) is 22.5 Å². The first-order valence-electron chi connectivity index (χ1n) is 9.91. The van der Waals surface area contributed by atoms with Gasteiger partial charge in [0, 0.05) is 36.8 Å². The van der Waals surface area contributed by atoms with E-state index in [2.05, 4.69) is 25.6 Å². The minimum absolute atomic E-state index is 0.208. The first-order valence-corrected chi connectivity index (χ1v) is 10.3. The Morgan fingerprint density at radius 3 is 2.72 bits per heavy atom. The quantitative estimate of drug-likeness (QED) is 0.445. The number of aromatic nitrogens is 7. The largest absolute Gasteiger partial charge is 0.302 e. The highest BCUT2D eigenvalue weighted by molar-refractivity contribution is 6.33. The fraction of sp³-hybridized carbons (Fsp3) is 0.136. The Kier molecular flexibility index (Phi) is 4.95. The molecule has 9 nitrogen and oxygen atoms in total. The Morgan fingerprint density at radius 1 is 1.16 bits per heavy atom. The van der Waals surface area contributed by atoms with Crippen molar-refractivity contribution in [2.45, 2.75) is 13.5 Å². The van der Waals surface area contributed by atoms with Crippen molar-refractivity contribution >= 4 is 29.0 Å². The topological polar surface area (TPSA) is 94.9 Å². The van der Waals surface area contributed by atoms with Crippen LogP contribution in [-0.2, 0) is 13.6 Å². The van der Waals surface area contributed by atoms with Gasteiger partial charge in [-0.2, -0.15) is 15.3 Å². The average Bonchev–Trinajstić information content (AvgIpc) is 3.47. The molecule has 1 amide bonds. The Balaban J connectivity index is 1.41. The number of nitrogens with one attached hydrogen (secondary N) is 1. The molecule has 1 aromatic carbocycles. The van der Waals surface area contributed by atoms with Crippen LogP contribution in [0.3, 0.4) is 0 Å². The van der Waals surface area contributed by atoms with Gasteiger partial charge in [0.25, 0.3) is 5.91 Å². The first-order chi connectivity index (χ1) is 15.5. The van der Waals surface area contributed by atoms with Gasteiger partial charge in [0.15, 0.2) is 17.2 Å². The highest BCUT2D eigenvalue weighted by atomic mass is 35.5. The summed E-state index contributed by atoms with van der Waals surface area (Å²) in [5, 5.41) is 16.2. The second-order valence-electron chi connectivity index (χ2n) is 7.36. The molecule has 0 saturated carbocycles.